The van der Waals surface area contributed by atoms with Crippen molar-refractivity contribution in [3.8, 4) is 0 Å². The van der Waals surface area contributed by atoms with Gasteiger partial charge >= 0.3 is 12.1 Å². The number of alkyl carbamates (subject to hydrolysis) is 1. The Balaban J connectivity index is 2.89. The molecule has 0 aliphatic rings. The molecule has 0 aromatic heterocycles. The molecule has 0 spiro atoms. The van der Waals surface area contributed by atoms with Crippen LogP contribution in [-0.4, -0.2) is 91.9 Å². The van der Waals surface area contributed by atoms with E-state index in [-0.39, 0.29) is 12.8 Å². The van der Waals surface area contributed by atoms with Crippen LogP contribution in [0.3, 0.4) is 0 Å². The standard InChI is InChI=1S/C23H36N4O9S/c1-15(28)19(21(30)25-18(22(31)32)14-16-8-4-3-5-9-16)27-20(29)17(10-6-7-11-24)26-23(33)36-12-13-37(2,34)35/h3-5,8-9,15,17-19,28H,6-7,10-14,24H2,1-2H3,(H,25,30)(H,26,33)(H,27,29)(H,31,32)/t15-,17+,18+,19+/m1/s1. The van der Waals surface area contributed by atoms with E-state index in [1.165, 1.54) is 6.92 Å². The highest BCUT2D eigenvalue weighted by molar-refractivity contribution is 7.90. The summed E-state index contributed by atoms with van der Waals surface area (Å²) in [6.45, 7) is 1.16. The number of nitrogens with one attached hydrogen (secondary N) is 3. The van der Waals surface area contributed by atoms with Crippen LogP contribution in [-0.2, 0) is 35.4 Å². The molecule has 37 heavy (non-hydrogen) atoms. The highest BCUT2D eigenvalue weighted by Gasteiger charge is 2.32. The minimum atomic E-state index is -3.37. The predicted molar refractivity (Wildman–Crippen MR) is 134 cm³/mol. The van der Waals surface area contributed by atoms with E-state index >= 15 is 0 Å². The molecule has 4 atom stereocenters. The maximum absolute atomic E-state index is 12.9. The van der Waals surface area contributed by atoms with E-state index < -0.39 is 70.3 Å². The number of carboxylic acid groups (broad SMARTS) is 1. The third kappa shape index (κ3) is 13.0. The third-order valence-corrected chi connectivity index (χ3v) is 6.11. The zero-order valence-electron chi connectivity index (χ0n) is 20.9. The lowest BCUT2D eigenvalue weighted by atomic mass is 10.0. The van der Waals surface area contributed by atoms with Gasteiger partial charge in [-0.3, -0.25) is 9.59 Å². The van der Waals surface area contributed by atoms with Gasteiger partial charge in [0.2, 0.25) is 11.8 Å². The van der Waals surface area contributed by atoms with Crippen LogP contribution in [0, 0.1) is 0 Å². The van der Waals surface area contributed by atoms with E-state index in [1.807, 2.05) is 0 Å². The topological polar surface area (TPSA) is 214 Å². The third-order valence-electron chi connectivity index (χ3n) is 5.20. The van der Waals surface area contributed by atoms with Crippen LogP contribution in [0.2, 0.25) is 0 Å². The Kier molecular flexibility index (Phi) is 13.6. The van der Waals surface area contributed by atoms with Gasteiger partial charge in [0.1, 0.15) is 24.7 Å². The van der Waals surface area contributed by atoms with Crippen molar-refractivity contribution >= 4 is 33.7 Å². The van der Waals surface area contributed by atoms with Gasteiger partial charge in [0, 0.05) is 12.7 Å². The fourth-order valence-corrected chi connectivity index (χ4v) is 3.59. The minimum absolute atomic E-state index is 0.0228. The van der Waals surface area contributed by atoms with E-state index in [9.17, 15) is 37.8 Å². The Morgan fingerprint density at radius 1 is 1.00 bits per heavy atom. The number of amides is 3. The number of benzene rings is 1. The average Bonchev–Trinajstić information content (AvgIpc) is 2.80. The van der Waals surface area contributed by atoms with Gasteiger partial charge in [0.25, 0.3) is 0 Å². The Bertz CT molecular complexity index is 1000. The second-order valence-electron chi connectivity index (χ2n) is 8.56. The average molecular weight is 545 g/mol. The van der Waals surface area contributed by atoms with Crippen molar-refractivity contribution in [2.45, 2.75) is 56.8 Å². The Morgan fingerprint density at radius 2 is 1.65 bits per heavy atom. The van der Waals surface area contributed by atoms with E-state index in [4.69, 9.17) is 10.5 Å². The van der Waals surface area contributed by atoms with E-state index in [0.29, 0.717) is 24.9 Å². The summed E-state index contributed by atoms with van der Waals surface area (Å²) in [5, 5.41) is 26.7. The second kappa shape index (κ2) is 15.8. The molecule has 0 heterocycles. The highest BCUT2D eigenvalue weighted by Crippen LogP contribution is 2.07. The summed E-state index contributed by atoms with van der Waals surface area (Å²) >= 11 is 0. The van der Waals surface area contributed by atoms with Gasteiger partial charge in [-0.1, -0.05) is 30.3 Å². The molecule has 0 radical (unpaired) electrons. The normalized spacial score (nSPS) is 14.5. The summed E-state index contributed by atoms with van der Waals surface area (Å²) in [7, 11) is -3.37. The number of aliphatic carboxylic acids is 1. The molecule has 0 saturated heterocycles. The number of aliphatic hydroxyl groups is 1. The zero-order chi connectivity index (χ0) is 28.0. The molecule has 0 aliphatic heterocycles. The number of sulfone groups is 1. The monoisotopic (exact) mass is 544 g/mol. The molecule has 1 aromatic carbocycles. The van der Waals surface area contributed by atoms with E-state index in [2.05, 4.69) is 16.0 Å². The smallest absolute Gasteiger partial charge is 0.407 e. The van der Waals surface area contributed by atoms with Gasteiger partial charge < -0.3 is 36.6 Å². The van der Waals surface area contributed by atoms with Crippen molar-refractivity contribution in [2.24, 2.45) is 5.73 Å². The molecule has 1 rings (SSSR count). The van der Waals surface area contributed by atoms with Crippen molar-refractivity contribution in [1.29, 1.82) is 0 Å². The van der Waals surface area contributed by atoms with Crippen molar-refractivity contribution in [2.75, 3.05) is 25.2 Å². The van der Waals surface area contributed by atoms with Crippen molar-refractivity contribution in [3.05, 3.63) is 35.9 Å². The summed E-state index contributed by atoms with van der Waals surface area (Å²) in [6, 6.07) is 4.56. The van der Waals surface area contributed by atoms with Crippen LogP contribution in [0.5, 0.6) is 0 Å². The Morgan fingerprint density at radius 3 is 2.19 bits per heavy atom. The van der Waals surface area contributed by atoms with Gasteiger partial charge in [-0.05, 0) is 38.3 Å². The molecule has 208 valence electrons. The Hall–Kier alpha value is -3.23. The van der Waals surface area contributed by atoms with Crippen LogP contribution in [0.25, 0.3) is 0 Å². The van der Waals surface area contributed by atoms with Crippen LogP contribution >= 0.6 is 0 Å². The second-order valence-corrected chi connectivity index (χ2v) is 10.8. The molecule has 3 amide bonds. The van der Waals surface area contributed by atoms with Gasteiger partial charge in [-0.25, -0.2) is 18.0 Å². The fourth-order valence-electron chi connectivity index (χ4n) is 3.20. The summed E-state index contributed by atoms with van der Waals surface area (Å²) < 4.78 is 27.2. The first kappa shape index (κ1) is 31.8. The molecule has 0 fully saturated rings. The van der Waals surface area contributed by atoms with Gasteiger partial charge in [-0.15, -0.1) is 0 Å². The van der Waals surface area contributed by atoms with Gasteiger partial charge in [0.05, 0.1) is 11.9 Å². The highest BCUT2D eigenvalue weighted by atomic mass is 32.2. The summed E-state index contributed by atoms with van der Waals surface area (Å²) in [5.74, 6) is -3.45. The molecule has 0 unspecified atom stereocenters. The fraction of sp³-hybridized carbons (Fsp3) is 0.565. The Labute approximate surface area is 216 Å². The van der Waals surface area contributed by atoms with Gasteiger partial charge in [-0.2, -0.15) is 0 Å². The molecule has 7 N–H and O–H groups in total. The van der Waals surface area contributed by atoms with Crippen molar-refractivity contribution < 1.29 is 42.5 Å². The summed E-state index contributed by atoms with van der Waals surface area (Å²) in [6.07, 6.45) is -0.399. The number of unbranched alkanes of at least 4 members (excludes halogenated alkanes) is 1. The SMILES string of the molecule is C[C@@H](O)[C@H](NC(=O)[C@H](CCCCN)NC(=O)OCCS(C)(=O)=O)C(=O)N[C@@H](Cc1ccccc1)C(=O)O. The number of carbonyl (C=O) groups excluding carboxylic acids is 3. The maximum Gasteiger partial charge on any atom is 0.407 e. The van der Waals surface area contributed by atoms with Gasteiger partial charge in [0.15, 0.2) is 9.84 Å². The largest absolute Gasteiger partial charge is 0.480 e. The first-order chi connectivity index (χ1) is 17.3. The minimum Gasteiger partial charge on any atom is -0.480 e. The summed E-state index contributed by atoms with van der Waals surface area (Å²) in [4.78, 5) is 49.6. The van der Waals surface area contributed by atoms with Crippen molar-refractivity contribution in [1.82, 2.24) is 16.0 Å². The molecule has 0 bridgehead atoms. The number of hydrogen-bond donors (Lipinski definition) is 6. The summed E-state index contributed by atoms with van der Waals surface area (Å²) in [5.41, 5.74) is 6.14. The predicted octanol–water partition coefficient (Wildman–Crippen LogP) is -1.07. The number of carbonyl (C=O) groups is 4. The van der Waals surface area contributed by atoms with E-state index in [1.54, 1.807) is 30.3 Å². The molecular weight excluding hydrogens is 508 g/mol. The van der Waals surface area contributed by atoms with Crippen LogP contribution in [0.4, 0.5) is 4.79 Å². The zero-order valence-corrected chi connectivity index (χ0v) is 21.7. The van der Waals surface area contributed by atoms with Crippen LogP contribution < -0.4 is 21.7 Å². The lowest BCUT2D eigenvalue weighted by Crippen LogP contribution is -2.59. The number of carboxylic acids is 1. The molecular formula is C23H36N4O9S. The number of ether oxygens (including phenoxy) is 1. The first-order valence-electron chi connectivity index (χ1n) is 11.7. The van der Waals surface area contributed by atoms with Crippen LogP contribution in [0.15, 0.2) is 30.3 Å². The lowest BCUT2D eigenvalue weighted by molar-refractivity contribution is -0.143. The number of rotatable bonds is 16. The van der Waals surface area contributed by atoms with Crippen LogP contribution in [0.1, 0.15) is 31.7 Å². The first-order valence-corrected chi connectivity index (χ1v) is 13.8. The van der Waals surface area contributed by atoms with Crippen molar-refractivity contribution in [3.63, 3.8) is 0 Å². The molecule has 0 aliphatic carbocycles. The lowest BCUT2D eigenvalue weighted by Gasteiger charge is -2.26. The molecule has 14 heteroatoms. The number of nitrogens with two attached hydrogens (primary N) is 1. The number of hydrogen-bond acceptors (Lipinski definition) is 9. The molecule has 1 aromatic rings. The maximum atomic E-state index is 12.9. The number of aliphatic hydroxyl groups excluding tert-OH is 1. The molecule has 0 saturated carbocycles. The van der Waals surface area contributed by atoms with E-state index in [0.717, 1.165) is 6.26 Å². The quantitative estimate of drug-likeness (QED) is 0.139. The molecule has 13 nitrogen and oxygen atoms in total.